The van der Waals surface area contributed by atoms with Crippen LogP contribution in [0, 0.1) is 5.92 Å². The highest BCUT2D eigenvalue weighted by Crippen LogP contribution is 2.47. The van der Waals surface area contributed by atoms with Crippen molar-refractivity contribution in [3.63, 3.8) is 0 Å². The Morgan fingerprint density at radius 2 is 2.05 bits per heavy atom. The predicted molar refractivity (Wildman–Crippen MR) is 145 cm³/mol. The molecule has 1 aromatic heterocycles. The fourth-order valence-electron chi connectivity index (χ4n) is 4.17. The van der Waals surface area contributed by atoms with Crippen LogP contribution in [0.5, 0.6) is 5.75 Å². The van der Waals surface area contributed by atoms with Crippen LogP contribution < -0.4 is 21.3 Å². The van der Waals surface area contributed by atoms with Crippen molar-refractivity contribution in [2.75, 3.05) is 29.9 Å². The van der Waals surface area contributed by atoms with E-state index < -0.39 is 35.1 Å². The van der Waals surface area contributed by atoms with Gasteiger partial charge >= 0.3 is 12.3 Å². The van der Waals surface area contributed by atoms with Gasteiger partial charge in [0.1, 0.15) is 27.6 Å². The Kier molecular flexibility index (Phi) is 9.15. The number of phenols is 1. The molecule has 0 aliphatic carbocycles. The standard InChI is InChI=1S/C26H32F3N5O4S/c1-15(9-10-30)23-33-18(14-39-23)22(36)32-17-7-8-19(35)20(26(27,28)29)21(17)34-11-5-6-16(13-34)12-31-24(37)38-25(2,3)4/h7-10,14,16,35H,1,5-6,11-13,30H2,2-4H3,(H,31,37)(H,32,36)/b10-9-/t16-/m0/s1. The van der Waals surface area contributed by atoms with E-state index in [1.807, 2.05) is 0 Å². The van der Waals surface area contributed by atoms with Crippen molar-refractivity contribution in [1.82, 2.24) is 10.3 Å². The molecule has 0 radical (unpaired) electrons. The van der Waals surface area contributed by atoms with Crippen LogP contribution in [0.25, 0.3) is 5.57 Å². The van der Waals surface area contributed by atoms with Gasteiger partial charge in [0.15, 0.2) is 0 Å². The van der Waals surface area contributed by atoms with Crippen LogP contribution in [0.4, 0.5) is 29.3 Å². The average Bonchev–Trinajstić information content (AvgIpc) is 3.33. The summed E-state index contributed by atoms with van der Waals surface area (Å²) >= 11 is 1.14. The zero-order valence-corrected chi connectivity index (χ0v) is 22.7. The monoisotopic (exact) mass is 567 g/mol. The fourth-order valence-corrected chi connectivity index (χ4v) is 4.92. The number of benzene rings is 1. The minimum absolute atomic E-state index is 0.00719. The van der Waals surface area contributed by atoms with Gasteiger partial charge < -0.3 is 31.1 Å². The van der Waals surface area contributed by atoms with Crippen molar-refractivity contribution in [1.29, 1.82) is 0 Å². The topological polar surface area (TPSA) is 130 Å². The quantitative estimate of drug-likeness (QED) is 0.262. The number of anilines is 2. The number of carbonyl (C=O) groups excluding carboxylic acids is 2. The summed E-state index contributed by atoms with van der Waals surface area (Å²) in [7, 11) is 0. The molecule has 1 aliphatic heterocycles. The summed E-state index contributed by atoms with van der Waals surface area (Å²) in [5.41, 5.74) is 3.43. The highest BCUT2D eigenvalue weighted by Gasteiger charge is 2.40. The molecule has 9 nitrogen and oxygen atoms in total. The van der Waals surface area contributed by atoms with Gasteiger partial charge in [-0.1, -0.05) is 6.58 Å². The number of rotatable bonds is 7. The summed E-state index contributed by atoms with van der Waals surface area (Å²) in [5, 5.41) is 17.3. The molecular formula is C26H32F3N5O4S. The van der Waals surface area contributed by atoms with Gasteiger partial charge in [0, 0.05) is 30.6 Å². The third-order valence-electron chi connectivity index (χ3n) is 5.77. The van der Waals surface area contributed by atoms with E-state index in [9.17, 15) is 27.9 Å². The Morgan fingerprint density at radius 3 is 2.69 bits per heavy atom. The first-order valence-corrected chi connectivity index (χ1v) is 13.1. The summed E-state index contributed by atoms with van der Waals surface area (Å²) in [6.45, 7) is 9.58. The number of alkyl carbamates (subject to hydrolysis) is 1. The summed E-state index contributed by atoms with van der Waals surface area (Å²) in [4.78, 5) is 30.7. The predicted octanol–water partition coefficient (Wildman–Crippen LogP) is 5.35. The summed E-state index contributed by atoms with van der Waals surface area (Å²) in [6.07, 6.45) is -1.53. The van der Waals surface area contributed by atoms with Crippen LogP contribution in [-0.4, -0.2) is 47.3 Å². The van der Waals surface area contributed by atoms with Gasteiger partial charge in [0.2, 0.25) is 0 Å². The average molecular weight is 568 g/mol. The molecule has 13 heteroatoms. The van der Waals surface area contributed by atoms with E-state index in [2.05, 4.69) is 22.2 Å². The maximum Gasteiger partial charge on any atom is 0.422 e. The first-order chi connectivity index (χ1) is 18.2. The molecule has 2 aromatic rings. The summed E-state index contributed by atoms with van der Waals surface area (Å²) < 4.78 is 47.7. The number of amides is 2. The van der Waals surface area contributed by atoms with Gasteiger partial charge in [-0.05, 0) is 63.9 Å². The second kappa shape index (κ2) is 12.0. The molecule has 0 bridgehead atoms. The van der Waals surface area contributed by atoms with Crippen LogP contribution in [0.15, 0.2) is 36.4 Å². The molecule has 2 heterocycles. The molecule has 2 amide bonds. The SMILES string of the molecule is C=C(/C=C\N)c1nc(C(=O)Nc2ccc(O)c(C(F)(F)F)c2N2CCC[C@@H](CNC(=O)OC(C)(C)C)C2)cs1. The Balaban J connectivity index is 1.88. The third-order valence-corrected chi connectivity index (χ3v) is 6.68. The molecule has 1 fully saturated rings. The van der Waals surface area contributed by atoms with Crippen molar-refractivity contribution < 1.29 is 32.6 Å². The molecule has 1 aliphatic rings. The van der Waals surface area contributed by atoms with Crippen LogP contribution in [-0.2, 0) is 10.9 Å². The van der Waals surface area contributed by atoms with E-state index in [1.54, 1.807) is 20.8 Å². The van der Waals surface area contributed by atoms with Crippen LogP contribution in [0.2, 0.25) is 0 Å². The lowest BCUT2D eigenvalue weighted by Gasteiger charge is -2.37. The summed E-state index contributed by atoms with van der Waals surface area (Å²) in [5.74, 6) is -1.87. The maximum absolute atomic E-state index is 14.2. The van der Waals surface area contributed by atoms with E-state index in [1.165, 1.54) is 28.6 Å². The zero-order valence-electron chi connectivity index (χ0n) is 21.9. The number of allylic oxidation sites excluding steroid dienone is 2. The van der Waals surface area contributed by atoms with E-state index >= 15 is 0 Å². The van der Waals surface area contributed by atoms with Gasteiger partial charge in [-0.15, -0.1) is 11.3 Å². The van der Waals surface area contributed by atoms with E-state index in [-0.39, 0.29) is 42.6 Å². The Labute approximate surface area is 228 Å². The molecule has 1 saturated heterocycles. The van der Waals surface area contributed by atoms with E-state index in [0.29, 0.717) is 23.4 Å². The Morgan fingerprint density at radius 1 is 1.33 bits per heavy atom. The van der Waals surface area contributed by atoms with Crippen LogP contribution in [0.3, 0.4) is 0 Å². The van der Waals surface area contributed by atoms with E-state index in [4.69, 9.17) is 10.5 Å². The molecule has 0 spiro atoms. The molecule has 0 saturated carbocycles. The highest BCUT2D eigenvalue weighted by molar-refractivity contribution is 7.11. The lowest BCUT2D eigenvalue weighted by Crippen LogP contribution is -2.43. The smallest absolute Gasteiger partial charge is 0.422 e. The second-order valence-corrected chi connectivity index (χ2v) is 10.9. The number of aromatic nitrogens is 1. The normalized spacial score (nSPS) is 16.3. The number of piperidine rings is 1. The lowest BCUT2D eigenvalue weighted by atomic mass is 9.96. The molecule has 5 N–H and O–H groups in total. The third kappa shape index (κ3) is 7.88. The molecule has 1 atom stereocenters. The van der Waals surface area contributed by atoms with Crippen molar-refractivity contribution in [2.45, 2.75) is 45.4 Å². The van der Waals surface area contributed by atoms with Gasteiger partial charge in [-0.25, -0.2) is 9.78 Å². The fraction of sp³-hybridized carbons (Fsp3) is 0.423. The number of nitrogens with one attached hydrogen (secondary N) is 2. The first-order valence-electron chi connectivity index (χ1n) is 12.2. The Bertz CT molecular complexity index is 1250. The number of ether oxygens (including phenoxy) is 1. The highest BCUT2D eigenvalue weighted by atomic mass is 32.1. The molecule has 212 valence electrons. The van der Waals surface area contributed by atoms with E-state index in [0.717, 1.165) is 17.4 Å². The van der Waals surface area contributed by atoms with Crippen molar-refractivity contribution >= 4 is 40.3 Å². The molecule has 3 rings (SSSR count). The van der Waals surface area contributed by atoms with Gasteiger partial charge in [0.25, 0.3) is 5.91 Å². The zero-order chi connectivity index (χ0) is 29.0. The van der Waals surface area contributed by atoms with Crippen molar-refractivity contribution in [3.8, 4) is 5.75 Å². The number of hydrogen-bond donors (Lipinski definition) is 4. The van der Waals surface area contributed by atoms with Gasteiger partial charge in [-0.3, -0.25) is 4.79 Å². The minimum Gasteiger partial charge on any atom is -0.507 e. The number of carbonyl (C=O) groups is 2. The van der Waals surface area contributed by atoms with Gasteiger partial charge in [0.05, 0.1) is 11.4 Å². The molecule has 1 aromatic carbocycles. The minimum atomic E-state index is -4.90. The molecule has 39 heavy (non-hydrogen) atoms. The van der Waals surface area contributed by atoms with Crippen molar-refractivity contribution in [2.24, 2.45) is 11.7 Å². The largest absolute Gasteiger partial charge is 0.507 e. The second-order valence-electron chi connectivity index (χ2n) is 10.1. The number of phenolic OH excluding ortho intramolecular Hbond substituents is 1. The molecular weight excluding hydrogens is 535 g/mol. The number of thiazole rings is 1. The first kappa shape index (κ1) is 29.8. The molecule has 0 unspecified atom stereocenters. The van der Waals surface area contributed by atoms with Gasteiger partial charge in [-0.2, -0.15) is 13.2 Å². The summed E-state index contributed by atoms with van der Waals surface area (Å²) in [6, 6.07) is 2.12. The number of aromatic hydroxyl groups is 1. The number of halogens is 3. The van der Waals surface area contributed by atoms with Crippen LogP contribution in [0.1, 0.15) is 54.7 Å². The number of alkyl halides is 3. The van der Waals surface area contributed by atoms with Crippen molar-refractivity contribution in [3.05, 3.63) is 52.6 Å². The number of nitrogens with two attached hydrogens (primary N) is 1. The lowest BCUT2D eigenvalue weighted by molar-refractivity contribution is -0.138. The van der Waals surface area contributed by atoms with Crippen LogP contribution >= 0.6 is 11.3 Å². The maximum atomic E-state index is 14.2. The number of nitrogens with zero attached hydrogens (tertiary/aromatic N) is 2. The Hall–Kier alpha value is -3.74. The number of hydrogen-bond acceptors (Lipinski definition) is 8.